The van der Waals surface area contributed by atoms with Gasteiger partial charge in [0.15, 0.2) is 11.5 Å². The summed E-state index contributed by atoms with van der Waals surface area (Å²) in [6.45, 7) is 1.21. The molecule has 0 fully saturated rings. The van der Waals surface area contributed by atoms with Gasteiger partial charge in [0.25, 0.3) is 0 Å². The zero-order valence-corrected chi connectivity index (χ0v) is 17.8. The monoisotopic (exact) mass is 423 g/mol. The predicted molar refractivity (Wildman–Crippen MR) is 115 cm³/mol. The number of benzene rings is 2. The Morgan fingerprint density at radius 2 is 1.82 bits per heavy atom. The van der Waals surface area contributed by atoms with Gasteiger partial charge in [-0.05, 0) is 60.6 Å². The first kappa shape index (κ1) is 22.2. The van der Waals surface area contributed by atoms with Crippen LogP contribution in [0, 0.1) is 0 Å². The first-order valence-corrected chi connectivity index (χ1v) is 10.6. The third kappa shape index (κ3) is 7.90. The molecule has 0 bridgehead atoms. The molecule has 2 rings (SSSR count). The number of methoxy groups -OCH3 is 2. The fourth-order valence-electron chi connectivity index (χ4n) is 2.48. The fraction of sp³-hybridized carbons (Fsp3) is 0.381. The number of amides is 1. The van der Waals surface area contributed by atoms with Crippen LogP contribution in [0.2, 0.25) is 5.02 Å². The van der Waals surface area contributed by atoms with Crippen LogP contribution in [0.5, 0.6) is 17.2 Å². The minimum absolute atomic E-state index is 0.0455. The lowest BCUT2D eigenvalue weighted by Crippen LogP contribution is -2.27. The van der Waals surface area contributed by atoms with Crippen molar-refractivity contribution in [1.29, 1.82) is 0 Å². The second-order valence-electron chi connectivity index (χ2n) is 6.00. The van der Waals surface area contributed by atoms with Crippen LogP contribution < -0.4 is 19.5 Å². The van der Waals surface area contributed by atoms with E-state index in [1.807, 2.05) is 30.3 Å². The summed E-state index contributed by atoms with van der Waals surface area (Å²) in [6.07, 6.45) is 1.62. The highest BCUT2D eigenvalue weighted by atomic mass is 35.5. The Morgan fingerprint density at radius 1 is 1.07 bits per heavy atom. The topological polar surface area (TPSA) is 56.8 Å². The van der Waals surface area contributed by atoms with Gasteiger partial charge in [-0.1, -0.05) is 17.7 Å². The number of thioether (sulfide) groups is 1. The summed E-state index contributed by atoms with van der Waals surface area (Å²) in [4.78, 5) is 11.9. The maximum absolute atomic E-state index is 11.9. The first-order valence-electron chi connectivity index (χ1n) is 9.06. The smallest absolute Gasteiger partial charge is 0.230 e. The van der Waals surface area contributed by atoms with E-state index in [9.17, 15) is 4.79 Å². The molecule has 5 nitrogen and oxygen atoms in total. The van der Waals surface area contributed by atoms with Crippen LogP contribution in [-0.2, 0) is 11.2 Å². The quantitative estimate of drug-likeness (QED) is 0.518. The maximum atomic E-state index is 11.9. The van der Waals surface area contributed by atoms with Crippen molar-refractivity contribution in [3.63, 3.8) is 0 Å². The SMILES string of the molecule is COc1ccc(CCNC(=O)CSCCCOc2ccc(Cl)cc2)cc1OC. The first-order chi connectivity index (χ1) is 13.6. The van der Waals surface area contributed by atoms with Gasteiger partial charge in [-0.25, -0.2) is 0 Å². The molecular formula is C21H26ClNO4S. The molecule has 7 heteroatoms. The third-order valence-corrected chi connectivity index (χ3v) is 5.23. The number of ether oxygens (including phenoxy) is 3. The minimum atomic E-state index is 0.0455. The highest BCUT2D eigenvalue weighted by Crippen LogP contribution is 2.27. The van der Waals surface area contributed by atoms with E-state index in [1.54, 1.807) is 38.1 Å². The van der Waals surface area contributed by atoms with E-state index in [2.05, 4.69) is 5.32 Å². The van der Waals surface area contributed by atoms with Gasteiger partial charge in [0, 0.05) is 11.6 Å². The molecule has 1 amide bonds. The van der Waals surface area contributed by atoms with Crippen LogP contribution in [0.25, 0.3) is 0 Å². The largest absolute Gasteiger partial charge is 0.494 e. The Kier molecular flexibility index (Phi) is 9.86. The lowest BCUT2D eigenvalue weighted by Gasteiger charge is -2.10. The Morgan fingerprint density at radius 3 is 2.54 bits per heavy atom. The van der Waals surface area contributed by atoms with Gasteiger partial charge in [-0.2, -0.15) is 11.8 Å². The molecule has 0 saturated heterocycles. The number of halogens is 1. The number of nitrogens with one attached hydrogen (secondary N) is 1. The van der Waals surface area contributed by atoms with Crippen LogP contribution in [-0.4, -0.2) is 44.8 Å². The normalized spacial score (nSPS) is 10.4. The number of hydrogen-bond acceptors (Lipinski definition) is 5. The summed E-state index contributed by atoms with van der Waals surface area (Å²) in [6, 6.07) is 13.1. The van der Waals surface area contributed by atoms with E-state index < -0.39 is 0 Å². The molecule has 0 aliphatic heterocycles. The average molecular weight is 424 g/mol. The molecule has 1 N–H and O–H groups in total. The van der Waals surface area contributed by atoms with Crippen molar-refractivity contribution in [1.82, 2.24) is 5.32 Å². The molecule has 0 aromatic heterocycles. The van der Waals surface area contributed by atoms with Crippen molar-refractivity contribution in [2.75, 3.05) is 38.9 Å². The van der Waals surface area contributed by atoms with Crippen LogP contribution in [0.15, 0.2) is 42.5 Å². The predicted octanol–water partition coefficient (Wildman–Crippen LogP) is 4.22. The Hall–Kier alpha value is -2.05. The van der Waals surface area contributed by atoms with E-state index in [4.69, 9.17) is 25.8 Å². The third-order valence-electron chi connectivity index (χ3n) is 3.93. The number of carbonyl (C=O) groups excluding carboxylic acids is 1. The molecule has 28 heavy (non-hydrogen) atoms. The van der Waals surface area contributed by atoms with Gasteiger partial charge >= 0.3 is 0 Å². The van der Waals surface area contributed by atoms with E-state index in [0.29, 0.717) is 35.4 Å². The maximum Gasteiger partial charge on any atom is 0.230 e. The summed E-state index contributed by atoms with van der Waals surface area (Å²) >= 11 is 7.44. The average Bonchev–Trinajstić information content (AvgIpc) is 2.71. The van der Waals surface area contributed by atoms with Crippen molar-refractivity contribution in [3.8, 4) is 17.2 Å². The van der Waals surface area contributed by atoms with E-state index >= 15 is 0 Å². The van der Waals surface area contributed by atoms with Gasteiger partial charge in [0.05, 0.1) is 26.6 Å². The Bertz CT molecular complexity index is 740. The Labute approximate surface area is 175 Å². The molecular weight excluding hydrogens is 398 g/mol. The Balaban J connectivity index is 1.54. The van der Waals surface area contributed by atoms with E-state index in [0.717, 1.165) is 29.9 Å². The molecule has 0 unspecified atom stereocenters. The van der Waals surface area contributed by atoms with Gasteiger partial charge in [0.1, 0.15) is 5.75 Å². The molecule has 0 aliphatic carbocycles. The molecule has 0 radical (unpaired) electrons. The van der Waals surface area contributed by atoms with Crippen LogP contribution in [0.4, 0.5) is 0 Å². The molecule has 0 heterocycles. The number of hydrogen-bond donors (Lipinski definition) is 1. The van der Waals surface area contributed by atoms with Crippen molar-refractivity contribution in [2.24, 2.45) is 0 Å². The van der Waals surface area contributed by atoms with Crippen LogP contribution in [0.3, 0.4) is 0 Å². The summed E-state index contributed by atoms with van der Waals surface area (Å²) in [5.41, 5.74) is 1.09. The van der Waals surface area contributed by atoms with Gasteiger partial charge in [0.2, 0.25) is 5.91 Å². The lowest BCUT2D eigenvalue weighted by molar-refractivity contribution is -0.118. The summed E-state index contributed by atoms with van der Waals surface area (Å²) in [5.74, 6) is 3.57. The summed E-state index contributed by atoms with van der Waals surface area (Å²) < 4.78 is 16.1. The molecule has 152 valence electrons. The van der Waals surface area contributed by atoms with E-state index in [-0.39, 0.29) is 5.91 Å². The zero-order valence-electron chi connectivity index (χ0n) is 16.2. The van der Waals surface area contributed by atoms with Crippen molar-refractivity contribution < 1.29 is 19.0 Å². The van der Waals surface area contributed by atoms with Gasteiger partial charge < -0.3 is 19.5 Å². The molecule has 2 aromatic carbocycles. The van der Waals surface area contributed by atoms with Gasteiger partial charge in [-0.15, -0.1) is 0 Å². The second-order valence-corrected chi connectivity index (χ2v) is 7.54. The minimum Gasteiger partial charge on any atom is -0.494 e. The zero-order chi connectivity index (χ0) is 20.2. The van der Waals surface area contributed by atoms with Crippen LogP contribution in [0.1, 0.15) is 12.0 Å². The number of rotatable bonds is 12. The van der Waals surface area contributed by atoms with Crippen molar-refractivity contribution >= 4 is 29.3 Å². The second kappa shape index (κ2) is 12.4. The molecule has 0 spiro atoms. The highest BCUT2D eigenvalue weighted by molar-refractivity contribution is 7.99. The van der Waals surface area contributed by atoms with E-state index in [1.165, 1.54) is 0 Å². The lowest BCUT2D eigenvalue weighted by atomic mass is 10.1. The fourth-order valence-corrected chi connectivity index (χ4v) is 3.36. The van der Waals surface area contributed by atoms with Crippen molar-refractivity contribution in [3.05, 3.63) is 53.1 Å². The highest BCUT2D eigenvalue weighted by Gasteiger charge is 2.06. The molecule has 0 saturated carbocycles. The standard InChI is InChI=1S/C21H26ClNO4S/c1-25-19-9-4-16(14-20(19)26-2)10-11-23-21(24)15-28-13-3-12-27-18-7-5-17(22)6-8-18/h4-9,14H,3,10-13,15H2,1-2H3,(H,23,24). The summed E-state index contributed by atoms with van der Waals surface area (Å²) in [5, 5.41) is 3.64. The van der Waals surface area contributed by atoms with Gasteiger partial charge in [-0.3, -0.25) is 4.79 Å². The number of carbonyl (C=O) groups is 1. The molecule has 0 atom stereocenters. The molecule has 0 aliphatic rings. The summed E-state index contributed by atoms with van der Waals surface area (Å²) in [7, 11) is 3.22. The van der Waals surface area contributed by atoms with Crippen molar-refractivity contribution in [2.45, 2.75) is 12.8 Å². The van der Waals surface area contributed by atoms with Crippen LogP contribution >= 0.6 is 23.4 Å². The molecule has 2 aromatic rings.